The largest absolute Gasteiger partial charge is 0.455 e. The summed E-state index contributed by atoms with van der Waals surface area (Å²) in [6.45, 7) is 0. The third kappa shape index (κ3) is 6.39. The fraction of sp³-hybridized carbons (Fsp3) is 0. The van der Waals surface area contributed by atoms with Crippen LogP contribution >= 0.6 is 0 Å². The van der Waals surface area contributed by atoms with Gasteiger partial charge in [-0.2, -0.15) is 20.7 Å². The minimum atomic E-state index is -3.02. The summed E-state index contributed by atoms with van der Waals surface area (Å²) >= 11 is 0. The molecule has 0 spiro atoms. The van der Waals surface area contributed by atoms with Crippen LogP contribution in [-0.2, 0) is 0 Å². The zero-order valence-electron chi connectivity index (χ0n) is 43.0. The van der Waals surface area contributed by atoms with E-state index >= 15 is 0 Å². The highest BCUT2D eigenvalue weighted by Gasteiger charge is 2.37. The molecule has 1 aliphatic rings. The topological polar surface area (TPSA) is 18.1 Å². The number of furan rings is 1. The Morgan fingerprint density at radius 2 is 0.722 bits per heavy atom. The van der Waals surface area contributed by atoms with Crippen molar-refractivity contribution in [1.29, 1.82) is 0 Å². The smallest absolute Gasteiger partial charge is 0.143 e. The normalized spacial score (nSPS) is 12.9. The summed E-state index contributed by atoms with van der Waals surface area (Å²) in [6.07, 6.45) is 0. The lowest BCUT2D eigenvalue weighted by Crippen LogP contribution is -2.72. The summed E-state index contributed by atoms with van der Waals surface area (Å²) in [5, 5.41) is 20.3. The number of hydrogen-bond donors (Lipinski definition) is 0. The summed E-state index contributed by atoms with van der Waals surface area (Å²) < 4.78 is 9.26. The molecule has 2 nitrogen and oxygen atoms in total. The Bertz CT molecular complexity index is 4990. The van der Waals surface area contributed by atoms with Gasteiger partial charge in [0.25, 0.3) is 0 Å². The molecule has 0 amide bonds. The molecule has 3 heterocycles. The average molecular weight is 1020 g/mol. The summed E-state index contributed by atoms with van der Waals surface area (Å²) in [5.41, 5.74) is 15.1. The summed E-state index contributed by atoms with van der Waals surface area (Å²) in [7, 11) is -3.02. The quantitative estimate of drug-likeness (QED) is 0.120. The Kier molecular flexibility index (Phi) is 9.47. The van der Waals surface area contributed by atoms with Gasteiger partial charge in [-0.3, -0.25) is 0 Å². The van der Waals surface area contributed by atoms with Crippen LogP contribution < -0.4 is 20.7 Å². The molecule has 0 saturated heterocycles. The van der Waals surface area contributed by atoms with Crippen molar-refractivity contribution < 1.29 is 4.42 Å². The van der Waals surface area contributed by atoms with Crippen LogP contribution in [0.15, 0.2) is 290 Å². The fourth-order valence-electron chi connectivity index (χ4n) is 14.0. The molecule has 16 aromatic rings. The second-order valence-electron chi connectivity index (χ2n) is 21.4. The molecule has 0 unspecified atom stereocenters. The SMILES string of the molecule is c1ccc([Si-]2(c3ccccc3)c3cc(-c4cccc5c4oc4ccccc45)ccc3-c3ccc(-n4c5ccc(-c6cc7ccccc7c7ccccc67)cc5c5cc(-c6cc7ccccc7c7ccccc67)ccc54)cc32)cc1. The third-order valence-corrected chi connectivity index (χ3v) is 22.3. The number of benzene rings is 14. The molecule has 0 radical (unpaired) electrons. The predicted octanol–water partition coefficient (Wildman–Crippen LogP) is 17.7. The van der Waals surface area contributed by atoms with Crippen molar-refractivity contribution in [2.75, 3.05) is 0 Å². The molecule has 0 atom stereocenters. The first-order valence-electron chi connectivity index (χ1n) is 27.4. The van der Waals surface area contributed by atoms with Gasteiger partial charge in [0, 0.05) is 32.8 Å². The lowest BCUT2D eigenvalue weighted by atomic mass is 9.92. The van der Waals surface area contributed by atoms with Crippen molar-refractivity contribution in [3.8, 4) is 50.2 Å². The van der Waals surface area contributed by atoms with Gasteiger partial charge in [0.15, 0.2) is 0 Å². The third-order valence-electron chi connectivity index (χ3n) is 17.4. The van der Waals surface area contributed by atoms with E-state index in [-0.39, 0.29) is 0 Å². The van der Waals surface area contributed by atoms with Gasteiger partial charge in [-0.15, -0.1) is 0 Å². The lowest BCUT2D eigenvalue weighted by Gasteiger charge is -2.44. The number of rotatable bonds is 6. The van der Waals surface area contributed by atoms with Gasteiger partial charge in [-0.25, -0.2) is 0 Å². The molecular formula is C76H47NOSi-. The lowest BCUT2D eigenvalue weighted by molar-refractivity contribution is 0.670. The van der Waals surface area contributed by atoms with Gasteiger partial charge < -0.3 is 8.98 Å². The second-order valence-corrected chi connectivity index (χ2v) is 25.2. The molecule has 0 aliphatic carbocycles. The zero-order chi connectivity index (χ0) is 51.8. The second kappa shape index (κ2) is 17.0. The minimum Gasteiger partial charge on any atom is -0.455 e. The first-order chi connectivity index (χ1) is 39.2. The first kappa shape index (κ1) is 44.1. The highest BCUT2D eigenvalue weighted by atomic mass is 28.3. The van der Waals surface area contributed by atoms with E-state index < -0.39 is 8.07 Å². The number of fused-ring (bicyclic) bond motifs is 15. The Labute approximate surface area is 457 Å². The van der Waals surface area contributed by atoms with Gasteiger partial charge in [-0.1, -0.05) is 248 Å². The Hall–Kier alpha value is -10.1. The highest BCUT2D eigenvalue weighted by molar-refractivity contribution is 7.22. The molecule has 0 N–H and O–H groups in total. The Morgan fingerprint density at radius 1 is 0.266 bits per heavy atom. The summed E-state index contributed by atoms with van der Waals surface area (Å²) in [6, 6.07) is 107. The fourth-order valence-corrected chi connectivity index (χ4v) is 19.2. The minimum absolute atomic E-state index is 0.908. The maximum absolute atomic E-state index is 6.71. The molecule has 2 aromatic heterocycles. The van der Waals surface area contributed by atoms with Crippen LogP contribution in [-0.4, -0.2) is 12.6 Å². The summed E-state index contributed by atoms with van der Waals surface area (Å²) in [4.78, 5) is 0. The van der Waals surface area contributed by atoms with Crippen LogP contribution in [0.3, 0.4) is 0 Å². The predicted molar refractivity (Wildman–Crippen MR) is 337 cm³/mol. The van der Waals surface area contributed by atoms with Crippen LogP contribution in [0.1, 0.15) is 0 Å². The van der Waals surface area contributed by atoms with Crippen molar-refractivity contribution in [2.24, 2.45) is 0 Å². The van der Waals surface area contributed by atoms with Crippen molar-refractivity contribution in [3.05, 3.63) is 285 Å². The maximum Gasteiger partial charge on any atom is 0.143 e. The van der Waals surface area contributed by atoms with Gasteiger partial charge in [0.05, 0.1) is 11.0 Å². The molecule has 3 heteroatoms. The number of nitrogens with zero attached hydrogens (tertiary/aromatic N) is 1. The molecule has 1 aliphatic heterocycles. The van der Waals surface area contributed by atoms with Gasteiger partial charge >= 0.3 is 0 Å². The molecule has 79 heavy (non-hydrogen) atoms. The van der Waals surface area contributed by atoms with Crippen molar-refractivity contribution in [3.63, 3.8) is 0 Å². The van der Waals surface area contributed by atoms with Crippen LogP contribution in [0, 0.1) is 0 Å². The van der Waals surface area contributed by atoms with Crippen molar-refractivity contribution in [1.82, 2.24) is 4.57 Å². The molecule has 17 rings (SSSR count). The number of aromatic nitrogens is 1. The van der Waals surface area contributed by atoms with Gasteiger partial charge in [0.2, 0.25) is 0 Å². The van der Waals surface area contributed by atoms with E-state index in [0.717, 1.165) is 38.8 Å². The van der Waals surface area contributed by atoms with E-state index in [9.17, 15) is 0 Å². The van der Waals surface area contributed by atoms with E-state index in [1.54, 1.807) is 0 Å². The van der Waals surface area contributed by atoms with E-state index in [4.69, 9.17) is 4.42 Å². The van der Waals surface area contributed by atoms with Gasteiger partial charge in [-0.05, 0) is 128 Å². The molecular weight excluding hydrogens is 971 g/mol. The van der Waals surface area contributed by atoms with E-state index in [2.05, 4.69) is 290 Å². The molecule has 0 saturated carbocycles. The van der Waals surface area contributed by atoms with E-state index in [0.29, 0.717) is 0 Å². The average Bonchev–Trinajstić information content (AvgIpc) is 4.28. The van der Waals surface area contributed by atoms with Gasteiger partial charge in [0.1, 0.15) is 11.2 Å². The molecule has 367 valence electrons. The molecule has 0 bridgehead atoms. The summed E-state index contributed by atoms with van der Waals surface area (Å²) in [5.74, 6) is 0. The molecule has 0 fully saturated rings. The van der Waals surface area contributed by atoms with Crippen molar-refractivity contribution >= 4 is 116 Å². The Balaban J connectivity index is 0.927. The number of hydrogen-bond acceptors (Lipinski definition) is 1. The van der Waals surface area contributed by atoms with E-state index in [1.807, 2.05) is 0 Å². The van der Waals surface area contributed by atoms with Crippen LogP contribution in [0.2, 0.25) is 0 Å². The first-order valence-corrected chi connectivity index (χ1v) is 29.4. The maximum atomic E-state index is 6.71. The standard InChI is InChI=1S/C76H47NOSi/c1-3-20-54(21-4-1)79(55-22-5-2-6-23-55)74-46-52(58-31-17-32-66-63-30-15-16-33-73(63)78-76(58)66)34-38-64(74)65-39-37-53(47-75(65)79)77-71-40-35-50(67-42-48-18-7-9-24-56(48)59-26-11-13-28-61(59)67)44-69(71)70-45-51(36-41-72(70)77)68-43-49-19-8-10-25-57(49)60-27-12-14-29-62(60)68/h1-47H/q-1. The molecule has 14 aromatic carbocycles. The van der Waals surface area contributed by atoms with Crippen LogP contribution in [0.5, 0.6) is 0 Å². The monoisotopic (exact) mass is 1020 g/mol. The van der Waals surface area contributed by atoms with Crippen LogP contribution in [0.4, 0.5) is 0 Å². The highest BCUT2D eigenvalue weighted by Crippen LogP contribution is 2.44. The Morgan fingerprint density at radius 3 is 1.32 bits per heavy atom. The van der Waals surface area contributed by atoms with E-state index in [1.165, 1.54) is 119 Å². The number of para-hydroxylation sites is 2. The van der Waals surface area contributed by atoms with Crippen molar-refractivity contribution in [2.45, 2.75) is 0 Å². The zero-order valence-corrected chi connectivity index (χ0v) is 44.0. The van der Waals surface area contributed by atoms with Crippen LogP contribution in [0.25, 0.3) is 137 Å².